The second-order valence-electron chi connectivity index (χ2n) is 5.71. The Labute approximate surface area is 96.2 Å². The van der Waals surface area contributed by atoms with Crippen molar-refractivity contribution in [3.05, 3.63) is 29.3 Å². The summed E-state index contributed by atoms with van der Waals surface area (Å²) in [6.07, 6.45) is 1.14. The Hall–Kier alpha value is -1.02. The Bertz CT molecular complexity index is 423. The number of aliphatic hydroxyl groups excluding tert-OH is 1. The molecule has 1 aromatic carbocycles. The quantitative estimate of drug-likeness (QED) is 0.826. The molecule has 2 unspecified atom stereocenters. The van der Waals surface area contributed by atoms with Crippen LogP contribution in [0.25, 0.3) is 0 Å². The molecule has 2 heteroatoms. The van der Waals surface area contributed by atoms with Crippen molar-refractivity contribution in [2.45, 2.75) is 31.6 Å². The van der Waals surface area contributed by atoms with Crippen LogP contribution in [0.1, 0.15) is 37.3 Å². The maximum atomic E-state index is 9.11. The minimum absolute atomic E-state index is 0.134. The van der Waals surface area contributed by atoms with E-state index in [1.807, 2.05) is 0 Å². The zero-order valence-corrected chi connectivity index (χ0v) is 9.86. The summed E-state index contributed by atoms with van der Waals surface area (Å²) in [7, 11) is 0. The molecule has 1 heterocycles. The molecular formula is C14H18O2. The third-order valence-electron chi connectivity index (χ3n) is 3.91. The van der Waals surface area contributed by atoms with E-state index in [-0.39, 0.29) is 5.41 Å². The molecule has 0 aromatic heterocycles. The summed E-state index contributed by atoms with van der Waals surface area (Å²) in [5.41, 5.74) is 2.83. The van der Waals surface area contributed by atoms with Gasteiger partial charge in [0.25, 0.3) is 0 Å². The Balaban J connectivity index is 1.94. The summed E-state index contributed by atoms with van der Waals surface area (Å²) in [6, 6.07) is 6.52. The van der Waals surface area contributed by atoms with Gasteiger partial charge in [-0.3, -0.25) is 0 Å². The third kappa shape index (κ3) is 1.44. The highest BCUT2D eigenvalue weighted by atomic mass is 16.5. The van der Waals surface area contributed by atoms with Gasteiger partial charge in [0.05, 0.1) is 6.61 Å². The zero-order chi connectivity index (χ0) is 11.3. The first-order chi connectivity index (χ1) is 7.62. The van der Waals surface area contributed by atoms with E-state index >= 15 is 0 Å². The first-order valence-corrected chi connectivity index (χ1v) is 6.00. The predicted octanol–water partition coefficient (Wildman–Crippen LogP) is 2.45. The lowest BCUT2D eigenvalue weighted by Crippen LogP contribution is -2.18. The van der Waals surface area contributed by atoms with E-state index in [2.05, 4.69) is 32.0 Å². The van der Waals surface area contributed by atoms with E-state index in [0.717, 1.165) is 18.8 Å². The number of aliphatic hydroxyl groups is 1. The molecule has 0 spiro atoms. The first kappa shape index (κ1) is 10.2. The van der Waals surface area contributed by atoms with Crippen molar-refractivity contribution >= 4 is 0 Å². The van der Waals surface area contributed by atoms with Crippen molar-refractivity contribution in [2.24, 2.45) is 5.92 Å². The normalized spacial score (nSPS) is 29.7. The Morgan fingerprint density at radius 3 is 2.94 bits per heavy atom. The van der Waals surface area contributed by atoms with E-state index in [4.69, 9.17) is 9.84 Å². The highest BCUT2D eigenvalue weighted by Crippen LogP contribution is 2.49. The van der Waals surface area contributed by atoms with Gasteiger partial charge in [0.2, 0.25) is 0 Å². The Kier molecular flexibility index (Phi) is 2.05. The van der Waals surface area contributed by atoms with Crippen LogP contribution in [0.15, 0.2) is 18.2 Å². The van der Waals surface area contributed by atoms with Gasteiger partial charge < -0.3 is 9.84 Å². The van der Waals surface area contributed by atoms with Gasteiger partial charge in [-0.25, -0.2) is 0 Å². The van der Waals surface area contributed by atoms with Gasteiger partial charge in [-0.1, -0.05) is 26.0 Å². The van der Waals surface area contributed by atoms with Crippen LogP contribution in [0, 0.1) is 5.92 Å². The predicted molar refractivity (Wildman–Crippen MR) is 62.9 cm³/mol. The standard InChI is InChI=1S/C14H18O2/c1-14(2)8-16-13-4-3-9(6-12(13)14)11-5-10(11)7-15/h3-4,6,10-11,15H,5,7-8H2,1-2H3. The van der Waals surface area contributed by atoms with Crippen LogP contribution in [0.2, 0.25) is 0 Å². The van der Waals surface area contributed by atoms with Gasteiger partial charge in [0, 0.05) is 17.6 Å². The summed E-state index contributed by atoms with van der Waals surface area (Å²) in [4.78, 5) is 0. The number of fused-ring (bicyclic) bond motifs is 1. The van der Waals surface area contributed by atoms with Crippen LogP contribution in [-0.4, -0.2) is 18.3 Å². The molecular weight excluding hydrogens is 200 g/mol. The van der Waals surface area contributed by atoms with Gasteiger partial charge >= 0.3 is 0 Å². The Morgan fingerprint density at radius 2 is 2.25 bits per heavy atom. The number of hydrogen-bond donors (Lipinski definition) is 1. The molecule has 0 bridgehead atoms. The fourth-order valence-corrected chi connectivity index (χ4v) is 2.63. The lowest BCUT2D eigenvalue weighted by atomic mass is 9.85. The van der Waals surface area contributed by atoms with Gasteiger partial charge in [-0.2, -0.15) is 0 Å². The molecule has 1 aliphatic carbocycles. The van der Waals surface area contributed by atoms with Gasteiger partial charge in [0.15, 0.2) is 0 Å². The van der Waals surface area contributed by atoms with Crippen LogP contribution < -0.4 is 4.74 Å². The SMILES string of the molecule is CC1(C)COc2ccc(C3CC3CO)cc21. The van der Waals surface area contributed by atoms with Crippen LogP contribution >= 0.6 is 0 Å². The lowest BCUT2D eigenvalue weighted by Gasteiger charge is -2.15. The first-order valence-electron chi connectivity index (χ1n) is 6.00. The van der Waals surface area contributed by atoms with Gasteiger partial charge in [-0.05, 0) is 29.9 Å². The van der Waals surface area contributed by atoms with Crippen LogP contribution in [0.3, 0.4) is 0 Å². The van der Waals surface area contributed by atoms with E-state index < -0.39 is 0 Å². The fraction of sp³-hybridized carbons (Fsp3) is 0.571. The molecule has 2 atom stereocenters. The topological polar surface area (TPSA) is 29.5 Å². The average Bonchev–Trinajstić information content (AvgIpc) is 3.00. The largest absolute Gasteiger partial charge is 0.492 e. The van der Waals surface area contributed by atoms with E-state index in [0.29, 0.717) is 18.4 Å². The van der Waals surface area contributed by atoms with Crippen molar-refractivity contribution < 1.29 is 9.84 Å². The molecule has 0 saturated heterocycles. The van der Waals surface area contributed by atoms with Crippen LogP contribution in [0.5, 0.6) is 5.75 Å². The highest BCUT2D eigenvalue weighted by Gasteiger charge is 2.39. The highest BCUT2D eigenvalue weighted by molar-refractivity contribution is 5.46. The minimum Gasteiger partial charge on any atom is -0.492 e. The molecule has 3 rings (SSSR count). The Morgan fingerprint density at radius 1 is 1.44 bits per heavy atom. The van der Waals surface area contributed by atoms with Crippen molar-refractivity contribution in [1.82, 2.24) is 0 Å². The zero-order valence-electron chi connectivity index (χ0n) is 9.86. The maximum absolute atomic E-state index is 9.11. The lowest BCUT2D eigenvalue weighted by molar-refractivity contribution is 0.274. The van der Waals surface area contributed by atoms with Crippen molar-refractivity contribution in [3.63, 3.8) is 0 Å². The summed E-state index contributed by atoms with van der Waals surface area (Å²) in [6.45, 7) is 5.54. The molecule has 0 radical (unpaired) electrons. The average molecular weight is 218 g/mol. The van der Waals surface area contributed by atoms with Crippen molar-refractivity contribution in [1.29, 1.82) is 0 Å². The molecule has 1 aromatic rings. The number of rotatable bonds is 2. The smallest absolute Gasteiger partial charge is 0.123 e. The molecule has 86 valence electrons. The second-order valence-corrected chi connectivity index (χ2v) is 5.71. The van der Waals surface area contributed by atoms with E-state index in [1.54, 1.807) is 0 Å². The summed E-state index contributed by atoms with van der Waals surface area (Å²) in [5.74, 6) is 2.10. The molecule has 2 aliphatic rings. The molecule has 2 nitrogen and oxygen atoms in total. The van der Waals surface area contributed by atoms with Gasteiger partial charge in [0.1, 0.15) is 5.75 Å². The summed E-state index contributed by atoms with van der Waals surface area (Å²) < 4.78 is 5.67. The monoisotopic (exact) mass is 218 g/mol. The number of benzene rings is 1. The summed E-state index contributed by atoms with van der Waals surface area (Å²) >= 11 is 0. The molecule has 1 fully saturated rings. The number of ether oxygens (including phenoxy) is 1. The molecule has 1 N–H and O–H groups in total. The van der Waals surface area contributed by atoms with Crippen LogP contribution in [-0.2, 0) is 5.41 Å². The van der Waals surface area contributed by atoms with E-state index in [1.165, 1.54) is 11.1 Å². The summed E-state index contributed by atoms with van der Waals surface area (Å²) in [5, 5.41) is 9.11. The van der Waals surface area contributed by atoms with Gasteiger partial charge in [-0.15, -0.1) is 0 Å². The second kappa shape index (κ2) is 3.24. The minimum atomic E-state index is 0.134. The van der Waals surface area contributed by atoms with Crippen LogP contribution in [0.4, 0.5) is 0 Å². The maximum Gasteiger partial charge on any atom is 0.123 e. The third-order valence-corrected chi connectivity index (χ3v) is 3.91. The van der Waals surface area contributed by atoms with Crippen molar-refractivity contribution in [2.75, 3.05) is 13.2 Å². The molecule has 1 saturated carbocycles. The van der Waals surface area contributed by atoms with E-state index in [9.17, 15) is 0 Å². The van der Waals surface area contributed by atoms with Crippen molar-refractivity contribution in [3.8, 4) is 5.75 Å². The fourth-order valence-electron chi connectivity index (χ4n) is 2.63. The molecule has 1 aliphatic heterocycles. The number of hydrogen-bond acceptors (Lipinski definition) is 2. The molecule has 16 heavy (non-hydrogen) atoms. The molecule has 0 amide bonds.